The second-order valence-electron chi connectivity index (χ2n) is 3.71. The minimum atomic E-state index is -0.0481. The first kappa shape index (κ1) is 8.97. The van der Waals surface area contributed by atoms with Crippen molar-refractivity contribution in [1.82, 2.24) is 0 Å². The lowest BCUT2D eigenvalue weighted by molar-refractivity contribution is -0.109. The number of hydrogen-bond acceptors (Lipinski definition) is 3. The molecule has 0 aliphatic heterocycles. The van der Waals surface area contributed by atoms with Crippen molar-refractivity contribution in [3.05, 3.63) is 65.3 Å². The minimum absolute atomic E-state index is 0.0481. The monoisotopic (exact) mass is 211 g/mol. The van der Waals surface area contributed by atoms with Gasteiger partial charge in [-0.3, -0.25) is 4.79 Å². The van der Waals surface area contributed by atoms with Crippen LogP contribution in [0.3, 0.4) is 0 Å². The van der Waals surface area contributed by atoms with Crippen molar-refractivity contribution in [3.63, 3.8) is 0 Å². The van der Waals surface area contributed by atoms with E-state index in [-0.39, 0.29) is 5.78 Å². The molecule has 1 heterocycles. The van der Waals surface area contributed by atoms with Gasteiger partial charge in [-0.2, -0.15) is 0 Å². The van der Waals surface area contributed by atoms with Gasteiger partial charge in [-0.1, -0.05) is 6.08 Å². The quantitative estimate of drug-likeness (QED) is 0.772. The van der Waals surface area contributed by atoms with Gasteiger partial charge in [0.2, 0.25) is 0 Å². The van der Waals surface area contributed by atoms with Gasteiger partial charge in [0.25, 0.3) is 0 Å². The molecule has 0 aromatic carbocycles. The fraction of sp³-hybridized carbons (Fsp3) is 0. The molecule has 0 radical (unpaired) electrons. The second kappa shape index (κ2) is 3.10. The van der Waals surface area contributed by atoms with E-state index in [2.05, 4.69) is 0 Å². The van der Waals surface area contributed by atoms with Crippen LogP contribution >= 0.6 is 0 Å². The Morgan fingerprint density at radius 1 is 1.19 bits per heavy atom. The third kappa shape index (κ3) is 1.18. The lowest BCUT2D eigenvalue weighted by Gasteiger charge is -2.10. The summed E-state index contributed by atoms with van der Waals surface area (Å²) < 4.78 is 5.28. The van der Waals surface area contributed by atoms with Crippen LogP contribution < -0.4 is 5.73 Å². The van der Waals surface area contributed by atoms with E-state index in [9.17, 15) is 4.79 Å². The summed E-state index contributed by atoms with van der Waals surface area (Å²) in [6.07, 6.45) is 8.52. The Hall–Kier alpha value is -2.29. The van der Waals surface area contributed by atoms with Crippen LogP contribution in [0.2, 0.25) is 0 Å². The largest absolute Gasteiger partial charge is 0.464 e. The molecular weight excluding hydrogens is 202 g/mol. The highest BCUT2D eigenvalue weighted by Crippen LogP contribution is 2.34. The van der Waals surface area contributed by atoms with Crippen LogP contribution in [0, 0.1) is 0 Å². The van der Waals surface area contributed by atoms with Gasteiger partial charge < -0.3 is 10.2 Å². The average Bonchev–Trinajstić information content (AvgIpc) is 2.85. The number of nitrogens with two attached hydrogens (primary N) is 1. The molecule has 16 heavy (non-hydrogen) atoms. The van der Waals surface area contributed by atoms with E-state index in [0.29, 0.717) is 17.0 Å². The Morgan fingerprint density at radius 3 is 2.81 bits per heavy atom. The summed E-state index contributed by atoms with van der Waals surface area (Å²) in [6.45, 7) is 0. The molecule has 3 rings (SSSR count). The molecule has 3 nitrogen and oxygen atoms in total. The number of rotatable bonds is 1. The van der Waals surface area contributed by atoms with Gasteiger partial charge in [-0.05, 0) is 41.5 Å². The number of carbonyl (C=O) groups is 1. The van der Waals surface area contributed by atoms with Crippen LogP contribution in [-0.4, -0.2) is 5.78 Å². The number of ketones is 1. The first-order chi connectivity index (χ1) is 7.75. The molecule has 0 saturated heterocycles. The fourth-order valence-electron chi connectivity index (χ4n) is 1.96. The zero-order valence-corrected chi connectivity index (χ0v) is 8.44. The van der Waals surface area contributed by atoms with Crippen molar-refractivity contribution < 1.29 is 9.21 Å². The van der Waals surface area contributed by atoms with E-state index in [1.165, 1.54) is 0 Å². The molecule has 0 bridgehead atoms. The van der Waals surface area contributed by atoms with E-state index in [1.807, 2.05) is 6.08 Å². The van der Waals surface area contributed by atoms with Crippen LogP contribution in [0.5, 0.6) is 0 Å². The van der Waals surface area contributed by atoms with Gasteiger partial charge in [-0.25, -0.2) is 0 Å². The van der Waals surface area contributed by atoms with Crippen LogP contribution in [0.15, 0.2) is 64.0 Å². The molecule has 3 heteroatoms. The highest BCUT2D eigenvalue weighted by molar-refractivity contribution is 6.29. The summed E-state index contributed by atoms with van der Waals surface area (Å²) >= 11 is 0. The smallest absolute Gasteiger partial charge is 0.190 e. The van der Waals surface area contributed by atoms with Crippen LogP contribution in [0.4, 0.5) is 0 Å². The van der Waals surface area contributed by atoms with Gasteiger partial charge in [-0.15, -0.1) is 0 Å². The Morgan fingerprint density at radius 2 is 2.06 bits per heavy atom. The summed E-state index contributed by atoms with van der Waals surface area (Å²) in [5.74, 6) is 0.536. The molecule has 2 aliphatic rings. The highest BCUT2D eigenvalue weighted by Gasteiger charge is 2.24. The van der Waals surface area contributed by atoms with Crippen LogP contribution in [0.25, 0.3) is 5.57 Å². The molecular formula is C13H9NO2. The van der Waals surface area contributed by atoms with Crippen LogP contribution in [-0.2, 0) is 4.79 Å². The molecule has 2 aliphatic carbocycles. The SMILES string of the molecule is NC1=CC2=C(c3ccco3)C(=O)C=CC2=C1. The van der Waals surface area contributed by atoms with Crippen molar-refractivity contribution >= 4 is 11.4 Å². The van der Waals surface area contributed by atoms with Gasteiger partial charge in [0, 0.05) is 5.70 Å². The molecule has 78 valence electrons. The fourth-order valence-corrected chi connectivity index (χ4v) is 1.96. The lowest BCUT2D eigenvalue weighted by Crippen LogP contribution is -2.05. The Kier molecular flexibility index (Phi) is 1.74. The highest BCUT2D eigenvalue weighted by atomic mass is 16.3. The molecule has 1 aromatic rings. The molecule has 0 unspecified atom stereocenters. The van der Waals surface area contributed by atoms with Crippen molar-refractivity contribution in [3.8, 4) is 0 Å². The van der Waals surface area contributed by atoms with Gasteiger partial charge in [0.05, 0.1) is 11.8 Å². The summed E-state index contributed by atoms with van der Waals surface area (Å²) in [7, 11) is 0. The first-order valence-electron chi connectivity index (χ1n) is 4.95. The Balaban J connectivity index is 2.25. The van der Waals surface area contributed by atoms with Gasteiger partial charge in [0.15, 0.2) is 5.78 Å². The summed E-state index contributed by atoms with van der Waals surface area (Å²) in [6, 6.07) is 3.54. The maximum Gasteiger partial charge on any atom is 0.190 e. The lowest BCUT2D eigenvalue weighted by atomic mass is 9.92. The molecule has 0 atom stereocenters. The summed E-state index contributed by atoms with van der Waals surface area (Å²) in [4.78, 5) is 11.8. The summed E-state index contributed by atoms with van der Waals surface area (Å²) in [5, 5.41) is 0. The number of allylic oxidation sites excluding steroid dienone is 7. The van der Waals surface area contributed by atoms with Crippen LogP contribution in [0.1, 0.15) is 5.76 Å². The number of hydrogen-bond donors (Lipinski definition) is 1. The minimum Gasteiger partial charge on any atom is -0.464 e. The molecule has 0 fully saturated rings. The molecule has 2 N–H and O–H groups in total. The number of carbonyl (C=O) groups excluding carboxylic acids is 1. The number of fused-ring (bicyclic) bond motifs is 1. The van der Waals surface area contributed by atoms with E-state index in [0.717, 1.165) is 11.1 Å². The topological polar surface area (TPSA) is 56.2 Å². The van der Waals surface area contributed by atoms with Gasteiger partial charge in [0.1, 0.15) is 5.76 Å². The molecule has 1 aromatic heterocycles. The Labute approximate surface area is 92.2 Å². The first-order valence-corrected chi connectivity index (χ1v) is 4.95. The van der Waals surface area contributed by atoms with E-state index in [4.69, 9.17) is 10.2 Å². The number of furan rings is 1. The third-order valence-corrected chi connectivity index (χ3v) is 2.64. The van der Waals surface area contributed by atoms with E-state index < -0.39 is 0 Å². The van der Waals surface area contributed by atoms with E-state index in [1.54, 1.807) is 36.6 Å². The van der Waals surface area contributed by atoms with Crippen molar-refractivity contribution in [2.45, 2.75) is 0 Å². The predicted molar refractivity (Wildman–Crippen MR) is 60.1 cm³/mol. The summed E-state index contributed by atoms with van der Waals surface area (Å²) in [5.41, 5.74) is 8.78. The van der Waals surface area contributed by atoms with Crippen molar-refractivity contribution in [1.29, 1.82) is 0 Å². The standard InChI is InChI=1S/C13H9NO2/c14-9-6-8-3-4-11(15)13(10(8)7-9)12-2-1-5-16-12/h1-7H,14H2. The van der Waals surface area contributed by atoms with E-state index >= 15 is 0 Å². The molecule has 0 saturated carbocycles. The zero-order chi connectivity index (χ0) is 11.1. The maximum atomic E-state index is 11.8. The predicted octanol–water partition coefficient (Wildman–Crippen LogP) is 1.95. The average molecular weight is 211 g/mol. The maximum absolute atomic E-state index is 11.8. The van der Waals surface area contributed by atoms with Crippen molar-refractivity contribution in [2.24, 2.45) is 5.73 Å². The van der Waals surface area contributed by atoms with Crippen molar-refractivity contribution in [2.75, 3.05) is 0 Å². The van der Waals surface area contributed by atoms with Gasteiger partial charge >= 0.3 is 0 Å². The zero-order valence-electron chi connectivity index (χ0n) is 8.44. The molecule has 0 spiro atoms. The second-order valence-corrected chi connectivity index (χ2v) is 3.71. The normalized spacial score (nSPS) is 18.6. The molecule has 0 amide bonds. The Bertz CT molecular complexity index is 583. The third-order valence-electron chi connectivity index (χ3n) is 2.64.